The Morgan fingerprint density at radius 3 is 2.60 bits per heavy atom. The molecule has 1 heterocycles. The molecule has 1 fully saturated rings. The highest BCUT2D eigenvalue weighted by Crippen LogP contribution is 2.19. The maximum atomic E-state index is 5.03. The van der Waals surface area contributed by atoms with Crippen LogP contribution in [0.15, 0.2) is 0 Å². The van der Waals surface area contributed by atoms with Crippen LogP contribution in [-0.2, 0) is 14.5 Å². The summed E-state index contributed by atoms with van der Waals surface area (Å²) in [5.41, 5.74) is 0. The van der Waals surface area contributed by atoms with Gasteiger partial charge in [-0.1, -0.05) is 6.92 Å². The molecular weight excluding hydrogens is 132 g/mol. The Labute approximate surface area is 61.2 Å². The first-order valence-corrected chi connectivity index (χ1v) is 3.65. The molecule has 1 aliphatic rings. The van der Waals surface area contributed by atoms with Gasteiger partial charge in [0.2, 0.25) is 0 Å². The number of hydrogen-bond acceptors (Lipinski definition) is 3. The third-order valence-electron chi connectivity index (χ3n) is 1.81. The van der Waals surface area contributed by atoms with Crippen molar-refractivity contribution in [3.05, 3.63) is 0 Å². The van der Waals surface area contributed by atoms with Crippen LogP contribution in [0.5, 0.6) is 0 Å². The van der Waals surface area contributed by atoms with Crippen molar-refractivity contribution in [2.45, 2.75) is 19.4 Å². The molecule has 1 saturated heterocycles. The van der Waals surface area contributed by atoms with Crippen LogP contribution in [0, 0.1) is 5.92 Å². The van der Waals surface area contributed by atoms with Crippen molar-refractivity contribution in [3.8, 4) is 0 Å². The van der Waals surface area contributed by atoms with Crippen LogP contribution in [-0.4, -0.2) is 26.4 Å². The summed E-state index contributed by atoms with van der Waals surface area (Å²) in [6.45, 7) is 3.73. The predicted octanol–water partition coefficient (Wildman–Crippen LogP) is 0.989. The monoisotopic (exact) mass is 146 g/mol. The van der Waals surface area contributed by atoms with Gasteiger partial charge in [-0.05, 0) is 6.42 Å². The van der Waals surface area contributed by atoms with E-state index in [1.807, 2.05) is 0 Å². The van der Waals surface area contributed by atoms with E-state index in [1.165, 1.54) is 0 Å². The molecular formula is C7H14O3. The van der Waals surface area contributed by atoms with Crippen molar-refractivity contribution in [2.24, 2.45) is 5.92 Å². The second-order valence-corrected chi connectivity index (χ2v) is 2.51. The van der Waals surface area contributed by atoms with Crippen molar-refractivity contribution in [1.29, 1.82) is 0 Å². The number of hydrogen-bond donors (Lipinski definition) is 0. The number of ether oxygens (including phenoxy) is 1. The van der Waals surface area contributed by atoms with Crippen molar-refractivity contribution < 1.29 is 14.5 Å². The van der Waals surface area contributed by atoms with Crippen molar-refractivity contribution >= 4 is 0 Å². The van der Waals surface area contributed by atoms with Gasteiger partial charge in [0.1, 0.15) is 0 Å². The van der Waals surface area contributed by atoms with Crippen LogP contribution >= 0.6 is 0 Å². The van der Waals surface area contributed by atoms with Crippen LogP contribution in [0.2, 0.25) is 0 Å². The predicted molar refractivity (Wildman–Crippen MR) is 36.5 cm³/mol. The average Bonchev–Trinajstić information content (AvgIpc) is 1.83. The molecule has 1 atom stereocenters. The molecule has 1 aliphatic heterocycles. The molecule has 0 aromatic carbocycles. The first kappa shape index (κ1) is 7.98. The van der Waals surface area contributed by atoms with E-state index in [2.05, 4.69) is 11.8 Å². The quantitative estimate of drug-likeness (QED) is 0.437. The second kappa shape index (κ2) is 3.91. The molecule has 1 unspecified atom stereocenters. The Hall–Kier alpha value is -0.120. The molecule has 3 heteroatoms. The molecule has 60 valence electrons. The Morgan fingerprint density at radius 2 is 2.30 bits per heavy atom. The van der Waals surface area contributed by atoms with E-state index in [9.17, 15) is 0 Å². The summed E-state index contributed by atoms with van der Waals surface area (Å²) in [7, 11) is 1.54. The molecule has 3 nitrogen and oxygen atoms in total. The van der Waals surface area contributed by atoms with Crippen molar-refractivity contribution in [2.75, 3.05) is 20.3 Å². The summed E-state index contributed by atoms with van der Waals surface area (Å²) in [5, 5.41) is 0. The topological polar surface area (TPSA) is 27.7 Å². The van der Waals surface area contributed by atoms with Crippen LogP contribution in [0.25, 0.3) is 0 Å². The third kappa shape index (κ3) is 1.68. The largest absolute Gasteiger partial charge is 0.380 e. The summed E-state index contributed by atoms with van der Waals surface area (Å²) < 4.78 is 5.03. The minimum Gasteiger partial charge on any atom is -0.380 e. The van der Waals surface area contributed by atoms with Crippen LogP contribution in [0.1, 0.15) is 13.3 Å². The Morgan fingerprint density at radius 1 is 1.60 bits per heavy atom. The molecule has 0 aromatic heterocycles. The SMILES string of the molecule is CCC(OOC)C1COC1. The van der Waals surface area contributed by atoms with Gasteiger partial charge in [0, 0.05) is 5.92 Å². The molecule has 1 rings (SSSR count). The molecule has 0 spiro atoms. The van der Waals surface area contributed by atoms with Gasteiger partial charge in [-0.15, -0.1) is 0 Å². The van der Waals surface area contributed by atoms with Crippen LogP contribution < -0.4 is 0 Å². The maximum absolute atomic E-state index is 5.03. The molecule has 0 saturated carbocycles. The fraction of sp³-hybridized carbons (Fsp3) is 1.00. The molecule has 0 radical (unpaired) electrons. The zero-order valence-electron chi connectivity index (χ0n) is 6.50. The van der Waals surface area contributed by atoms with E-state index in [4.69, 9.17) is 9.62 Å². The highest BCUT2D eigenvalue weighted by atomic mass is 17.2. The molecule has 0 aliphatic carbocycles. The van der Waals surface area contributed by atoms with E-state index in [0.29, 0.717) is 5.92 Å². The summed E-state index contributed by atoms with van der Waals surface area (Å²) >= 11 is 0. The maximum Gasteiger partial charge on any atom is 0.0999 e. The smallest absolute Gasteiger partial charge is 0.0999 e. The van der Waals surface area contributed by atoms with Gasteiger partial charge in [-0.25, -0.2) is 9.78 Å². The normalized spacial score (nSPS) is 22.2. The second-order valence-electron chi connectivity index (χ2n) is 2.51. The van der Waals surface area contributed by atoms with Gasteiger partial charge >= 0.3 is 0 Å². The summed E-state index contributed by atoms with van der Waals surface area (Å²) in [6, 6.07) is 0. The minimum atomic E-state index is 0.221. The minimum absolute atomic E-state index is 0.221. The van der Waals surface area contributed by atoms with Crippen LogP contribution in [0.3, 0.4) is 0 Å². The summed E-state index contributed by atoms with van der Waals surface area (Å²) in [4.78, 5) is 9.61. The lowest BCUT2D eigenvalue weighted by Gasteiger charge is -2.31. The summed E-state index contributed by atoms with van der Waals surface area (Å²) in [6.07, 6.45) is 1.21. The lowest BCUT2D eigenvalue weighted by Crippen LogP contribution is -2.38. The van der Waals surface area contributed by atoms with Gasteiger partial charge in [0.15, 0.2) is 0 Å². The Bertz CT molecular complexity index is 90.9. The van der Waals surface area contributed by atoms with Gasteiger partial charge in [0.25, 0.3) is 0 Å². The lowest BCUT2D eigenvalue weighted by atomic mass is 9.99. The van der Waals surface area contributed by atoms with E-state index in [0.717, 1.165) is 19.6 Å². The fourth-order valence-electron chi connectivity index (χ4n) is 1.07. The van der Waals surface area contributed by atoms with Crippen LogP contribution in [0.4, 0.5) is 0 Å². The van der Waals surface area contributed by atoms with Gasteiger partial charge in [-0.3, -0.25) is 0 Å². The molecule has 0 aromatic rings. The fourth-order valence-corrected chi connectivity index (χ4v) is 1.07. The zero-order chi connectivity index (χ0) is 7.40. The molecule has 0 N–H and O–H groups in total. The summed E-state index contributed by atoms with van der Waals surface area (Å²) in [5.74, 6) is 0.546. The van der Waals surface area contributed by atoms with E-state index in [1.54, 1.807) is 7.11 Å². The Kier molecular flexibility index (Phi) is 3.12. The van der Waals surface area contributed by atoms with Gasteiger partial charge in [-0.2, -0.15) is 0 Å². The third-order valence-corrected chi connectivity index (χ3v) is 1.81. The molecule has 0 amide bonds. The molecule has 0 bridgehead atoms. The highest BCUT2D eigenvalue weighted by molar-refractivity contribution is 4.73. The van der Waals surface area contributed by atoms with E-state index < -0.39 is 0 Å². The average molecular weight is 146 g/mol. The first-order valence-electron chi connectivity index (χ1n) is 3.65. The van der Waals surface area contributed by atoms with E-state index in [-0.39, 0.29) is 6.10 Å². The van der Waals surface area contributed by atoms with Gasteiger partial charge in [0.05, 0.1) is 26.4 Å². The standard InChI is InChI=1S/C7H14O3/c1-3-7(10-8-2)6-4-9-5-6/h6-7H,3-5H2,1-2H3. The Balaban J connectivity index is 2.17. The first-order chi connectivity index (χ1) is 4.88. The lowest BCUT2D eigenvalue weighted by molar-refractivity contribution is -0.328. The highest BCUT2D eigenvalue weighted by Gasteiger charge is 2.28. The van der Waals surface area contributed by atoms with E-state index >= 15 is 0 Å². The van der Waals surface area contributed by atoms with Gasteiger partial charge < -0.3 is 4.74 Å². The van der Waals surface area contributed by atoms with Crippen molar-refractivity contribution in [1.82, 2.24) is 0 Å². The molecule has 10 heavy (non-hydrogen) atoms. The zero-order valence-corrected chi connectivity index (χ0v) is 6.50. The van der Waals surface area contributed by atoms with Crippen molar-refractivity contribution in [3.63, 3.8) is 0 Å². The number of rotatable bonds is 4.